The molecule has 2 fully saturated rings. The molecule has 4 atom stereocenters. The first-order valence-electron chi connectivity index (χ1n) is 17.6. The number of hydrogen-bond acceptors (Lipinski definition) is 8. The number of likely N-dealkylation sites (tertiary alicyclic amines) is 2. The predicted molar refractivity (Wildman–Crippen MR) is 200 cm³/mol. The number of carbonyl (C=O) groups excluding carboxylic acids is 5. The lowest BCUT2D eigenvalue weighted by molar-refractivity contribution is -0.152. The van der Waals surface area contributed by atoms with Crippen LogP contribution in [0.15, 0.2) is 36.4 Å². The number of benzene rings is 1. The fraction of sp³-hybridized carbons (Fsp3) is 0.568. The molecule has 2 saturated heterocycles. The molecule has 0 radical (unpaired) electrons. The summed E-state index contributed by atoms with van der Waals surface area (Å²) < 4.78 is 3.38. The number of carbonyl (C=O) groups is 5. The topological polar surface area (TPSA) is 158 Å². The predicted octanol–water partition coefficient (Wildman–Crippen LogP) is 4.73. The van der Waals surface area contributed by atoms with Gasteiger partial charge in [0.1, 0.15) is 18.7 Å². The number of aliphatic hydroxyl groups excluding tert-OH is 1. The summed E-state index contributed by atoms with van der Waals surface area (Å²) in [5.74, 6) is -2.82. The van der Waals surface area contributed by atoms with E-state index in [1.165, 1.54) is 11.8 Å². The zero-order valence-corrected chi connectivity index (χ0v) is 32.4. The minimum absolute atomic E-state index is 0.0784. The minimum Gasteiger partial charge on any atom is -0.461 e. The van der Waals surface area contributed by atoms with E-state index in [0.717, 1.165) is 10.9 Å². The van der Waals surface area contributed by atoms with Crippen molar-refractivity contribution in [1.82, 2.24) is 25.4 Å². The van der Waals surface area contributed by atoms with Crippen LogP contribution in [-0.4, -0.2) is 98.2 Å². The van der Waals surface area contributed by atoms with E-state index in [1.54, 1.807) is 38.7 Å². The standard InChI is InChI=1S/C37H48Cl3N5O7/c1-22(2)31(32(48)41-23(3)33(49)45-16-6-7-28(20-45)34(50)52-21-37(38,39)40)43-35(51)36(14-17-44(18-15-36)25(5)47)13-12-26-8-9-27-10-11-29(24(4)46)42-30(27)19-26/h8-13,19,22-24,28,31,46H,6-7,14-18,20-21H2,1-5H3,(H,41,48)(H,43,51). The SMILES string of the molecule is CC(=O)N1CCC(C=Cc2ccc3ccc(C(C)O)nc3c2)(C(=O)NC(C(=O)NC(C)C(=O)N2CCCC(C(=O)OCC(Cl)(Cl)Cl)C2)C(C)C)CC1. The number of nitrogens with zero attached hydrogens (tertiary/aromatic N) is 3. The fourth-order valence-corrected chi connectivity index (χ4v) is 6.69. The highest BCUT2D eigenvalue weighted by atomic mass is 35.6. The van der Waals surface area contributed by atoms with Crippen molar-refractivity contribution in [2.75, 3.05) is 32.8 Å². The van der Waals surface area contributed by atoms with Gasteiger partial charge in [-0.1, -0.05) is 79.0 Å². The lowest BCUT2D eigenvalue weighted by Crippen LogP contribution is -2.58. The van der Waals surface area contributed by atoms with Crippen LogP contribution in [0, 0.1) is 17.3 Å². The Morgan fingerprint density at radius 2 is 1.69 bits per heavy atom. The summed E-state index contributed by atoms with van der Waals surface area (Å²) >= 11 is 17.1. The van der Waals surface area contributed by atoms with E-state index in [-0.39, 0.29) is 30.2 Å². The van der Waals surface area contributed by atoms with E-state index in [2.05, 4.69) is 15.6 Å². The summed E-state index contributed by atoms with van der Waals surface area (Å²) in [6.45, 7) is 9.14. The number of esters is 1. The van der Waals surface area contributed by atoms with E-state index in [0.29, 0.717) is 56.5 Å². The van der Waals surface area contributed by atoms with Crippen molar-refractivity contribution in [2.24, 2.45) is 17.3 Å². The van der Waals surface area contributed by atoms with Crippen LogP contribution in [0.25, 0.3) is 17.0 Å². The maximum atomic E-state index is 14.2. The molecule has 4 unspecified atom stereocenters. The van der Waals surface area contributed by atoms with E-state index in [4.69, 9.17) is 39.5 Å². The molecule has 1 aromatic heterocycles. The zero-order chi connectivity index (χ0) is 38.4. The highest BCUT2D eigenvalue weighted by molar-refractivity contribution is 6.67. The summed E-state index contributed by atoms with van der Waals surface area (Å²) in [5, 5.41) is 16.6. The number of fused-ring (bicyclic) bond motifs is 1. The Bertz CT molecular complexity index is 1670. The molecule has 0 saturated carbocycles. The molecule has 284 valence electrons. The van der Waals surface area contributed by atoms with Gasteiger partial charge in [-0.15, -0.1) is 0 Å². The van der Waals surface area contributed by atoms with Crippen LogP contribution < -0.4 is 10.6 Å². The summed E-state index contributed by atoms with van der Waals surface area (Å²) in [6.07, 6.45) is 4.72. The third-order valence-corrected chi connectivity index (χ3v) is 10.1. The Balaban J connectivity index is 1.47. The average molecular weight is 781 g/mol. The van der Waals surface area contributed by atoms with Gasteiger partial charge in [0.25, 0.3) is 0 Å². The normalized spacial score (nSPS) is 19.6. The second-order valence-electron chi connectivity index (χ2n) is 14.1. The molecule has 0 spiro atoms. The highest BCUT2D eigenvalue weighted by Gasteiger charge is 2.42. The van der Waals surface area contributed by atoms with Gasteiger partial charge >= 0.3 is 5.97 Å². The van der Waals surface area contributed by atoms with Crippen molar-refractivity contribution in [2.45, 2.75) is 82.3 Å². The lowest BCUT2D eigenvalue weighted by atomic mass is 9.76. The Morgan fingerprint density at radius 1 is 1.02 bits per heavy atom. The number of aliphatic hydroxyl groups is 1. The number of aromatic nitrogens is 1. The van der Waals surface area contributed by atoms with Crippen molar-refractivity contribution in [1.29, 1.82) is 0 Å². The lowest BCUT2D eigenvalue weighted by Gasteiger charge is -2.39. The molecule has 15 heteroatoms. The first-order valence-corrected chi connectivity index (χ1v) is 18.7. The second kappa shape index (κ2) is 17.6. The van der Waals surface area contributed by atoms with Crippen LogP contribution in [0.2, 0.25) is 0 Å². The number of halogens is 3. The number of pyridine rings is 1. The summed E-state index contributed by atoms with van der Waals surface area (Å²) in [7, 11) is 0. The maximum Gasteiger partial charge on any atom is 0.310 e. The number of nitrogens with one attached hydrogen (secondary N) is 2. The van der Waals surface area contributed by atoms with Gasteiger partial charge in [-0.3, -0.25) is 29.0 Å². The van der Waals surface area contributed by atoms with Crippen molar-refractivity contribution in [3.63, 3.8) is 0 Å². The summed E-state index contributed by atoms with van der Waals surface area (Å²) in [4.78, 5) is 73.8. The van der Waals surface area contributed by atoms with E-state index in [9.17, 15) is 29.1 Å². The molecular formula is C37H48Cl3N5O7. The van der Waals surface area contributed by atoms with E-state index in [1.807, 2.05) is 36.4 Å². The molecule has 52 heavy (non-hydrogen) atoms. The molecule has 0 bridgehead atoms. The maximum absolute atomic E-state index is 14.2. The van der Waals surface area contributed by atoms with Crippen molar-refractivity contribution < 1.29 is 33.8 Å². The number of hydrogen-bond donors (Lipinski definition) is 3. The third-order valence-electron chi connectivity index (χ3n) is 9.72. The van der Waals surface area contributed by atoms with Gasteiger partial charge in [0.15, 0.2) is 0 Å². The number of alkyl halides is 3. The first kappa shape index (κ1) is 41.3. The van der Waals surface area contributed by atoms with Gasteiger partial charge in [0.05, 0.1) is 28.6 Å². The molecule has 4 amide bonds. The Labute approximate surface area is 319 Å². The molecule has 4 rings (SSSR count). The molecule has 1 aromatic carbocycles. The van der Waals surface area contributed by atoms with Gasteiger partial charge in [-0.05, 0) is 63.1 Å². The van der Waals surface area contributed by atoms with Gasteiger partial charge in [-0.2, -0.15) is 0 Å². The van der Waals surface area contributed by atoms with Crippen LogP contribution in [0.3, 0.4) is 0 Å². The van der Waals surface area contributed by atoms with Crippen LogP contribution in [-0.2, 0) is 28.7 Å². The number of rotatable bonds is 11. The van der Waals surface area contributed by atoms with Crippen LogP contribution in [0.4, 0.5) is 0 Å². The number of amides is 4. The summed E-state index contributed by atoms with van der Waals surface area (Å²) in [6, 6.07) is 7.49. The van der Waals surface area contributed by atoms with Gasteiger partial charge < -0.3 is 30.3 Å². The quantitative estimate of drug-likeness (QED) is 0.218. The zero-order valence-electron chi connectivity index (χ0n) is 30.2. The highest BCUT2D eigenvalue weighted by Crippen LogP contribution is 2.35. The van der Waals surface area contributed by atoms with Crippen molar-refractivity contribution in [3.8, 4) is 0 Å². The molecule has 3 N–H and O–H groups in total. The Morgan fingerprint density at radius 3 is 2.31 bits per heavy atom. The molecule has 0 aliphatic carbocycles. The molecule has 3 heterocycles. The van der Waals surface area contributed by atoms with Gasteiger partial charge in [-0.25, -0.2) is 0 Å². The Hall–Kier alpha value is -3.45. The number of piperidine rings is 2. The molecule has 2 aliphatic heterocycles. The van der Waals surface area contributed by atoms with Gasteiger partial charge in [0.2, 0.25) is 27.4 Å². The fourth-order valence-electron chi connectivity index (χ4n) is 6.53. The minimum atomic E-state index is -1.75. The number of ether oxygens (including phenoxy) is 1. The van der Waals surface area contributed by atoms with E-state index < -0.39 is 51.8 Å². The second-order valence-corrected chi connectivity index (χ2v) is 16.6. The average Bonchev–Trinajstić information content (AvgIpc) is 3.10. The third kappa shape index (κ3) is 10.8. The molecule has 2 aromatic rings. The smallest absolute Gasteiger partial charge is 0.310 e. The first-order chi connectivity index (χ1) is 24.4. The monoisotopic (exact) mass is 779 g/mol. The largest absolute Gasteiger partial charge is 0.461 e. The van der Waals surface area contributed by atoms with Crippen LogP contribution >= 0.6 is 34.8 Å². The molecule has 12 nitrogen and oxygen atoms in total. The van der Waals surface area contributed by atoms with Crippen molar-refractivity contribution >= 4 is 81.4 Å². The molecular weight excluding hydrogens is 733 g/mol. The summed E-state index contributed by atoms with van der Waals surface area (Å²) in [5.41, 5.74) is 1.02. The Kier molecular flexibility index (Phi) is 14.0. The van der Waals surface area contributed by atoms with Crippen LogP contribution in [0.1, 0.15) is 77.7 Å². The van der Waals surface area contributed by atoms with Crippen molar-refractivity contribution in [3.05, 3.63) is 47.7 Å². The van der Waals surface area contributed by atoms with E-state index >= 15 is 0 Å². The molecule has 2 aliphatic rings. The van der Waals surface area contributed by atoms with Gasteiger partial charge in [0, 0.05) is 38.5 Å². The van der Waals surface area contributed by atoms with Crippen LogP contribution in [0.5, 0.6) is 0 Å².